The summed E-state index contributed by atoms with van der Waals surface area (Å²) in [6, 6.07) is 3.14. The Labute approximate surface area is 96.6 Å². The minimum absolute atomic E-state index is 0.0372. The lowest BCUT2D eigenvalue weighted by Gasteiger charge is -2.15. The lowest BCUT2D eigenvalue weighted by Crippen LogP contribution is -2.25. The smallest absolute Gasteiger partial charge is 0.380 e. The fourth-order valence-corrected chi connectivity index (χ4v) is 1.37. The molecule has 6 heteroatoms. The topological polar surface area (TPSA) is 38.0 Å². The van der Waals surface area contributed by atoms with Gasteiger partial charge in [0.25, 0.3) is 0 Å². The zero-order valence-electron chi connectivity index (χ0n) is 8.61. The standard InChI is InChI=1S/C10H12ClF3N2/c1-6(5-15)16-9-3-2-7(4-8(9)11)10(12,13)14/h2-4,6,16H,5,15H2,1H3. The van der Waals surface area contributed by atoms with Crippen molar-refractivity contribution in [2.75, 3.05) is 11.9 Å². The summed E-state index contributed by atoms with van der Waals surface area (Å²) in [5.74, 6) is 0. The van der Waals surface area contributed by atoms with Crippen LogP contribution in [0.5, 0.6) is 0 Å². The second-order valence-corrected chi connectivity index (χ2v) is 3.88. The van der Waals surface area contributed by atoms with Crippen LogP contribution in [0.2, 0.25) is 5.02 Å². The molecular weight excluding hydrogens is 241 g/mol. The van der Waals surface area contributed by atoms with Gasteiger partial charge >= 0.3 is 6.18 Å². The molecule has 90 valence electrons. The molecule has 1 unspecified atom stereocenters. The summed E-state index contributed by atoms with van der Waals surface area (Å²) in [6.07, 6.45) is -4.37. The minimum Gasteiger partial charge on any atom is -0.380 e. The third-order valence-electron chi connectivity index (χ3n) is 2.05. The first-order valence-corrected chi connectivity index (χ1v) is 5.05. The molecule has 0 radical (unpaired) electrons. The molecule has 0 heterocycles. The van der Waals surface area contributed by atoms with Crippen LogP contribution in [0.1, 0.15) is 12.5 Å². The van der Waals surface area contributed by atoms with Gasteiger partial charge in [-0.05, 0) is 25.1 Å². The van der Waals surface area contributed by atoms with Gasteiger partial charge in [-0.2, -0.15) is 13.2 Å². The van der Waals surface area contributed by atoms with Crippen molar-refractivity contribution in [1.82, 2.24) is 0 Å². The van der Waals surface area contributed by atoms with E-state index in [-0.39, 0.29) is 11.1 Å². The summed E-state index contributed by atoms with van der Waals surface area (Å²) >= 11 is 5.73. The lowest BCUT2D eigenvalue weighted by atomic mass is 10.2. The number of hydrogen-bond donors (Lipinski definition) is 2. The van der Waals surface area contributed by atoms with Crippen molar-refractivity contribution < 1.29 is 13.2 Å². The van der Waals surface area contributed by atoms with Crippen molar-refractivity contribution in [3.8, 4) is 0 Å². The van der Waals surface area contributed by atoms with Crippen LogP contribution in [-0.4, -0.2) is 12.6 Å². The van der Waals surface area contributed by atoms with Gasteiger partial charge < -0.3 is 11.1 Å². The van der Waals surface area contributed by atoms with E-state index in [4.69, 9.17) is 17.3 Å². The van der Waals surface area contributed by atoms with Crippen molar-refractivity contribution in [3.05, 3.63) is 28.8 Å². The molecule has 1 aromatic carbocycles. The summed E-state index contributed by atoms with van der Waals surface area (Å²) in [5.41, 5.74) is 5.07. The zero-order valence-corrected chi connectivity index (χ0v) is 9.36. The Hall–Kier alpha value is -0.940. The molecule has 0 saturated carbocycles. The van der Waals surface area contributed by atoms with Crippen LogP contribution in [0.15, 0.2) is 18.2 Å². The second-order valence-electron chi connectivity index (χ2n) is 3.47. The molecule has 0 aliphatic carbocycles. The summed E-state index contributed by atoms with van der Waals surface area (Å²) in [4.78, 5) is 0. The van der Waals surface area contributed by atoms with Gasteiger partial charge in [0.1, 0.15) is 0 Å². The molecule has 2 nitrogen and oxygen atoms in total. The van der Waals surface area contributed by atoms with E-state index in [1.807, 2.05) is 6.92 Å². The van der Waals surface area contributed by atoms with Gasteiger partial charge in [-0.15, -0.1) is 0 Å². The summed E-state index contributed by atoms with van der Waals surface area (Å²) < 4.78 is 37.0. The fourth-order valence-electron chi connectivity index (χ4n) is 1.13. The molecule has 1 aromatic rings. The van der Waals surface area contributed by atoms with E-state index in [0.717, 1.165) is 12.1 Å². The monoisotopic (exact) mass is 252 g/mol. The SMILES string of the molecule is CC(CN)Nc1ccc(C(F)(F)F)cc1Cl. The number of nitrogens with one attached hydrogen (secondary N) is 1. The molecule has 0 fully saturated rings. The fraction of sp³-hybridized carbons (Fsp3) is 0.400. The molecule has 1 atom stereocenters. The summed E-state index contributed by atoms with van der Waals surface area (Å²) in [5, 5.41) is 2.95. The van der Waals surface area contributed by atoms with Gasteiger partial charge in [0.05, 0.1) is 16.3 Å². The van der Waals surface area contributed by atoms with Gasteiger partial charge in [0, 0.05) is 12.6 Å². The average molecular weight is 253 g/mol. The molecular formula is C10H12ClF3N2. The van der Waals surface area contributed by atoms with Gasteiger partial charge in [0.2, 0.25) is 0 Å². The maximum atomic E-state index is 12.3. The first-order valence-electron chi connectivity index (χ1n) is 4.68. The number of nitrogens with two attached hydrogens (primary N) is 1. The molecule has 0 aromatic heterocycles. The predicted molar refractivity (Wildman–Crippen MR) is 58.6 cm³/mol. The van der Waals surface area contributed by atoms with Gasteiger partial charge in [-0.1, -0.05) is 11.6 Å². The van der Waals surface area contributed by atoms with Crippen LogP contribution in [0.3, 0.4) is 0 Å². The predicted octanol–water partition coefficient (Wildman–Crippen LogP) is 3.12. The van der Waals surface area contributed by atoms with Crippen molar-refractivity contribution >= 4 is 17.3 Å². The summed E-state index contributed by atoms with van der Waals surface area (Å²) in [7, 11) is 0. The normalized spacial score (nSPS) is 13.6. The van der Waals surface area contributed by atoms with E-state index >= 15 is 0 Å². The van der Waals surface area contributed by atoms with Gasteiger partial charge in [0.15, 0.2) is 0 Å². The maximum absolute atomic E-state index is 12.3. The van der Waals surface area contributed by atoms with E-state index in [1.54, 1.807) is 0 Å². The number of rotatable bonds is 3. The molecule has 0 spiro atoms. The number of benzene rings is 1. The molecule has 0 bridgehead atoms. The Kier molecular flexibility index (Phi) is 4.04. The van der Waals surface area contributed by atoms with Crippen LogP contribution in [-0.2, 0) is 6.18 Å². The van der Waals surface area contributed by atoms with E-state index < -0.39 is 11.7 Å². The van der Waals surface area contributed by atoms with Crippen LogP contribution in [0.4, 0.5) is 18.9 Å². The highest BCUT2D eigenvalue weighted by molar-refractivity contribution is 6.33. The van der Waals surface area contributed by atoms with E-state index in [1.165, 1.54) is 6.07 Å². The molecule has 16 heavy (non-hydrogen) atoms. The maximum Gasteiger partial charge on any atom is 0.416 e. The van der Waals surface area contributed by atoms with Crippen molar-refractivity contribution in [1.29, 1.82) is 0 Å². The molecule has 1 rings (SSSR count). The Bertz CT molecular complexity index is 366. The van der Waals surface area contributed by atoms with Crippen molar-refractivity contribution in [3.63, 3.8) is 0 Å². The van der Waals surface area contributed by atoms with Crippen LogP contribution >= 0.6 is 11.6 Å². The Balaban J connectivity index is 2.92. The molecule has 0 aliphatic heterocycles. The molecule has 0 saturated heterocycles. The largest absolute Gasteiger partial charge is 0.416 e. The molecule has 3 N–H and O–H groups in total. The lowest BCUT2D eigenvalue weighted by molar-refractivity contribution is -0.137. The third kappa shape index (κ3) is 3.28. The molecule has 0 aliphatic rings. The average Bonchev–Trinajstić information content (AvgIpc) is 2.19. The highest BCUT2D eigenvalue weighted by Crippen LogP contribution is 2.33. The van der Waals surface area contributed by atoms with Crippen LogP contribution in [0, 0.1) is 0 Å². The Morgan fingerprint density at radius 2 is 2.06 bits per heavy atom. The van der Waals surface area contributed by atoms with E-state index in [2.05, 4.69) is 5.32 Å². The zero-order chi connectivity index (χ0) is 12.3. The van der Waals surface area contributed by atoms with Crippen LogP contribution in [0.25, 0.3) is 0 Å². The van der Waals surface area contributed by atoms with Crippen molar-refractivity contribution in [2.45, 2.75) is 19.1 Å². The highest BCUT2D eigenvalue weighted by Gasteiger charge is 2.30. The first-order chi connectivity index (χ1) is 7.34. The number of alkyl halides is 3. The third-order valence-corrected chi connectivity index (χ3v) is 2.36. The Morgan fingerprint density at radius 3 is 2.50 bits per heavy atom. The second kappa shape index (κ2) is 4.93. The minimum atomic E-state index is -4.37. The van der Waals surface area contributed by atoms with E-state index in [0.29, 0.717) is 12.2 Å². The quantitative estimate of drug-likeness (QED) is 0.867. The van der Waals surface area contributed by atoms with Crippen molar-refractivity contribution in [2.24, 2.45) is 5.73 Å². The number of hydrogen-bond acceptors (Lipinski definition) is 2. The van der Waals surface area contributed by atoms with Gasteiger partial charge in [-0.3, -0.25) is 0 Å². The van der Waals surface area contributed by atoms with Crippen LogP contribution < -0.4 is 11.1 Å². The first kappa shape index (κ1) is 13.1. The van der Waals surface area contributed by atoms with Gasteiger partial charge in [-0.25, -0.2) is 0 Å². The summed E-state index contributed by atoms with van der Waals surface area (Å²) in [6.45, 7) is 2.19. The van der Waals surface area contributed by atoms with E-state index in [9.17, 15) is 13.2 Å². The highest BCUT2D eigenvalue weighted by atomic mass is 35.5. The Morgan fingerprint density at radius 1 is 1.44 bits per heavy atom. The number of anilines is 1. The number of halogens is 4. The molecule has 0 amide bonds.